The third-order valence-electron chi connectivity index (χ3n) is 2.84. The molecule has 1 radical (unpaired) electrons. The van der Waals surface area contributed by atoms with Gasteiger partial charge in [-0.05, 0) is 12.1 Å². The summed E-state index contributed by atoms with van der Waals surface area (Å²) >= 11 is 12.3. The van der Waals surface area contributed by atoms with E-state index in [1.165, 1.54) is 0 Å². The van der Waals surface area contributed by atoms with Crippen LogP contribution in [-0.4, -0.2) is 32.4 Å². The van der Waals surface area contributed by atoms with Gasteiger partial charge >= 0.3 is 0 Å². The maximum atomic E-state index is 11.9. The fourth-order valence-corrected chi connectivity index (χ4v) is 2.60. The van der Waals surface area contributed by atoms with E-state index in [-0.39, 0.29) is 18.6 Å². The van der Waals surface area contributed by atoms with Gasteiger partial charge in [0.05, 0.1) is 28.4 Å². The second-order valence-electron chi connectivity index (χ2n) is 4.15. The number of benzene rings is 1. The summed E-state index contributed by atoms with van der Waals surface area (Å²) in [6, 6.07) is 5.22. The molecule has 2 rings (SSSR count). The molecule has 1 unspecified atom stereocenters. The molecule has 1 saturated heterocycles. The van der Waals surface area contributed by atoms with Gasteiger partial charge in [-0.15, -0.1) is 0 Å². The van der Waals surface area contributed by atoms with Crippen molar-refractivity contribution in [2.45, 2.75) is 19.2 Å². The second kappa shape index (κ2) is 5.96. The summed E-state index contributed by atoms with van der Waals surface area (Å²) in [6.45, 7) is 2.51. The molecule has 6 heteroatoms. The summed E-state index contributed by atoms with van der Waals surface area (Å²) < 4.78 is 5.45. The molecule has 1 aliphatic rings. The monoisotopic (exact) mass is 284 g/mol. The zero-order chi connectivity index (χ0) is 13.1. The number of carbonyl (C=O) groups is 1. The first-order valence-corrected chi connectivity index (χ1v) is 6.53. The van der Waals surface area contributed by atoms with E-state index in [0.29, 0.717) is 22.3 Å². The summed E-state index contributed by atoms with van der Waals surface area (Å²) in [7, 11) is 2.02. The minimum Gasteiger partial charge on any atom is -0.367 e. The van der Waals surface area contributed by atoms with E-state index < -0.39 is 0 Å². The van der Waals surface area contributed by atoms with Crippen molar-refractivity contribution >= 4 is 42.1 Å². The van der Waals surface area contributed by atoms with E-state index in [9.17, 15) is 4.79 Å². The zero-order valence-corrected chi connectivity index (χ0v) is 11.5. The number of anilines is 1. The molecule has 3 nitrogen and oxygen atoms in total. The molecule has 1 aromatic rings. The minimum absolute atomic E-state index is 0.0000365. The largest absolute Gasteiger partial charge is 0.367 e. The smallest absolute Gasteiger partial charge is 0.253 e. The van der Waals surface area contributed by atoms with Crippen molar-refractivity contribution in [3.8, 4) is 0 Å². The Labute approximate surface area is 117 Å². The van der Waals surface area contributed by atoms with Crippen LogP contribution in [0.3, 0.4) is 0 Å². The molecular formula is C12H13BCl2NO2. The predicted octanol–water partition coefficient (Wildman–Crippen LogP) is 2.90. The summed E-state index contributed by atoms with van der Waals surface area (Å²) in [5, 5.41) is 0.967. The third kappa shape index (κ3) is 2.82. The Morgan fingerprint density at radius 1 is 1.44 bits per heavy atom. The molecular weight excluding hydrogens is 272 g/mol. The van der Waals surface area contributed by atoms with Gasteiger partial charge in [0.25, 0.3) is 5.91 Å². The molecule has 1 aliphatic heterocycles. The van der Waals surface area contributed by atoms with Crippen molar-refractivity contribution in [1.29, 1.82) is 0 Å². The van der Waals surface area contributed by atoms with Crippen LogP contribution < -0.4 is 4.90 Å². The lowest BCUT2D eigenvalue weighted by atomic mass is 9.75. The van der Waals surface area contributed by atoms with Crippen LogP contribution in [0.15, 0.2) is 18.2 Å². The molecule has 1 heterocycles. The van der Waals surface area contributed by atoms with Gasteiger partial charge in [-0.3, -0.25) is 4.79 Å². The lowest BCUT2D eigenvalue weighted by Crippen LogP contribution is -2.47. The quantitative estimate of drug-likeness (QED) is 0.799. The number of nitrogens with zero attached hydrogens (tertiary/aromatic N) is 1. The fourth-order valence-electron chi connectivity index (χ4n) is 1.99. The molecule has 0 saturated carbocycles. The molecule has 1 fully saturated rings. The molecule has 0 spiro atoms. The molecule has 95 valence electrons. The second-order valence-corrected chi connectivity index (χ2v) is 4.97. The number of morpholine rings is 1. The van der Waals surface area contributed by atoms with Crippen molar-refractivity contribution in [2.75, 3.05) is 18.1 Å². The van der Waals surface area contributed by atoms with Crippen molar-refractivity contribution in [3.05, 3.63) is 28.2 Å². The minimum atomic E-state index is -0.114. The van der Waals surface area contributed by atoms with Crippen molar-refractivity contribution < 1.29 is 9.53 Å². The number of amides is 1. The van der Waals surface area contributed by atoms with Crippen LogP contribution in [0.5, 0.6) is 0 Å². The first kappa shape index (κ1) is 13.7. The van der Waals surface area contributed by atoms with Gasteiger partial charge in [-0.25, -0.2) is 0 Å². The van der Waals surface area contributed by atoms with E-state index in [0.717, 1.165) is 6.32 Å². The molecule has 0 aromatic heterocycles. The van der Waals surface area contributed by atoms with E-state index in [1.54, 1.807) is 23.1 Å². The van der Waals surface area contributed by atoms with Gasteiger partial charge in [0.2, 0.25) is 0 Å². The highest BCUT2D eigenvalue weighted by Crippen LogP contribution is 2.34. The molecule has 0 aliphatic carbocycles. The van der Waals surface area contributed by atoms with E-state index in [4.69, 9.17) is 27.9 Å². The summed E-state index contributed by atoms with van der Waals surface area (Å²) in [5.41, 5.74) is 0.579. The van der Waals surface area contributed by atoms with Crippen LogP contribution in [0.1, 0.15) is 0 Å². The number of hydrogen-bond acceptors (Lipinski definition) is 2. The van der Waals surface area contributed by atoms with E-state index in [2.05, 4.69) is 0 Å². The summed E-state index contributed by atoms with van der Waals surface area (Å²) in [5.74, 6) is -0.114. The number of halogens is 2. The van der Waals surface area contributed by atoms with Gasteiger partial charge in [0, 0.05) is 0 Å². The zero-order valence-electron chi connectivity index (χ0n) is 10.0. The topological polar surface area (TPSA) is 29.5 Å². The van der Waals surface area contributed by atoms with Crippen LogP contribution in [0, 0.1) is 0 Å². The molecule has 0 N–H and O–H groups in total. The van der Waals surface area contributed by atoms with Crippen LogP contribution in [0.25, 0.3) is 0 Å². The first-order valence-electron chi connectivity index (χ1n) is 5.77. The number of hydrogen-bond donors (Lipinski definition) is 0. The normalized spacial score (nSPS) is 20.1. The Kier molecular flexibility index (Phi) is 4.54. The third-order valence-corrected chi connectivity index (χ3v) is 3.45. The number of para-hydroxylation sites is 1. The lowest BCUT2D eigenvalue weighted by molar-refractivity contribution is -0.128. The van der Waals surface area contributed by atoms with Crippen molar-refractivity contribution in [1.82, 2.24) is 0 Å². The van der Waals surface area contributed by atoms with Gasteiger partial charge in [-0.1, -0.05) is 42.4 Å². The van der Waals surface area contributed by atoms with Gasteiger partial charge in [0.1, 0.15) is 13.9 Å². The average molecular weight is 285 g/mol. The average Bonchev–Trinajstić information content (AvgIpc) is 2.33. The van der Waals surface area contributed by atoms with Crippen LogP contribution in [0.4, 0.5) is 5.69 Å². The Bertz CT molecular complexity index is 435. The Hall–Kier alpha value is -0.705. The van der Waals surface area contributed by atoms with Crippen LogP contribution in [-0.2, 0) is 9.53 Å². The van der Waals surface area contributed by atoms with Gasteiger partial charge in [-0.2, -0.15) is 0 Å². The Morgan fingerprint density at radius 3 is 2.72 bits per heavy atom. The first-order chi connectivity index (χ1) is 8.63. The standard InChI is InChI=1S/C12H13BCl2NO2/c1-13-5-8-6-16(11(17)7-18-8)12-9(14)3-2-4-10(12)15/h2-4,8H,5-7H2,1H3. The molecule has 1 amide bonds. The number of rotatable bonds is 3. The van der Waals surface area contributed by atoms with Crippen molar-refractivity contribution in [2.24, 2.45) is 0 Å². The predicted molar refractivity (Wildman–Crippen MR) is 75.0 cm³/mol. The Morgan fingerprint density at radius 2 is 2.11 bits per heavy atom. The molecule has 18 heavy (non-hydrogen) atoms. The van der Waals surface area contributed by atoms with Gasteiger partial charge < -0.3 is 9.64 Å². The fraction of sp³-hybridized carbons (Fsp3) is 0.417. The maximum absolute atomic E-state index is 11.9. The highest BCUT2D eigenvalue weighted by molar-refractivity contribution is 6.40. The molecule has 1 atom stereocenters. The van der Waals surface area contributed by atoms with Gasteiger partial charge in [0.15, 0.2) is 0 Å². The van der Waals surface area contributed by atoms with Crippen molar-refractivity contribution in [3.63, 3.8) is 0 Å². The highest BCUT2D eigenvalue weighted by atomic mass is 35.5. The maximum Gasteiger partial charge on any atom is 0.253 e. The van der Waals surface area contributed by atoms with E-state index in [1.807, 2.05) is 14.1 Å². The summed E-state index contributed by atoms with van der Waals surface area (Å²) in [6.07, 6.45) is 0.798. The lowest BCUT2D eigenvalue weighted by Gasteiger charge is -2.33. The summed E-state index contributed by atoms with van der Waals surface area (Å²) in [4.78, 5) is 13.5. The number of ether oxygens (including phenoxy) is 1. The Balaban J connectivity index is 2.27. The number of carbonyl (C=O) groups excluding carboxylic acids is 1. The van der Waals surface area contributed by atoms with Crippen LogP contribution >= 0.6 is 23.2 Å². The molecule has 0 bridgehead atoms. The highest BCUT2D eigenvalue weighted by Gasteiger charge is 2.29. The SMILES string of the molecule is C[B]CC1CN(c2c(Cl)cccc2Cl)C(=O)CO1. The van der Waals surface area contributed by atoms with E-state index >= 15 is 0 Å². The molecule has 1 aromatic carbocycles. The van der Waals surface area contributed by atoms with Crippen LogP contribution in [0.2, 0.25) is 23.2 Å².